The molecule has 6 nitrogen and oxygen atoms in total. The summed E-state index contributed by atoms with van der Waals surface area (Å²) < 4.78 is 5.30. The van der Waals surface area contributed by atoms with Crippen molar-refractivity contribution in [3.63, 3.8) is 0 Å². The molecule has 2 aromatic carbocycles. The van der Waals surface area contributed by atoms with Crippen molar-refractivity contribution in [1.82, 2.24) is 9.97 Å². The van der Waals surface area contributed by atoms with Crippen molar-refractivity contribution in [2.75, 3.05) is 0 Å². The van der Waals surface area contributed by atoms with Crippen LogP contribution in [0, 0.1) is 6.92 Å². The standard InChI is InChI=1S/C19H14N2O4/c1-10-6-8-11(9-7-10)15-16(21-19(24)20-15)14-17(22)12-4-2-3-5-13(12)25-18(14)23/h2-9,22H,1H3,(H2,20,21,24). The van der Waals surface area contributed by atoms with Crippen molar-refractivity contribution < 1.29 is 9.52 Å². The highest BCUT2D eigenvalue weighted by atomic mass is 16.4. The lowest BCUT2D eigenvalue weighted by atomic mass is 10.0. The van der Waals surface area contributed by atoms with E-state index in [0.29, 0.717) is 16.6 Å². The van der Waals surface area contributed by atoms with Crippen molar-refractivity contribution in [3.05, 3.63) is 75.0 Å². The minimum Gasteiger partial charge on any atom is -0.506 e. The Bertz CT molecular complexity index is 1200. The molecule has 2 aromatic heterocycles. The molecule has 0 spiro atoms. The summed E-state index contributed by atoms with van der Waals surface area (Å²) in [4.78, 5) is 29.6. The number of hydrogen-bond acceptors (Lipinski definition) is 4. The van der Waals surface area contributed by atoms with Gasteiger partial charge in [0.15, 0.2) is 0 Å². The van der Waals surface area contributed by atoms with Crippen molar-refractivity contribution >= 4 is 11.0 Å². The molecule has 4 rings (SSSR count). The quantitative estimate of drug-likeness (QED) is 0.490. The van der Waals surface area contributed by atoms with Crippen LogP contribution in [0.1, 0.15) is 5.56 Å². The van der Waals surface area contributed by atoms with Gasteiger partial charge in [0.2, 0.25) is 0 Å². The molecule has 0 fully saturated rings. The van der Waals surface area contributed by atoms with Crippen LogP contribution in [0.15, 0.2) is 62.5 Å². The van der Waals surface area contributed by atoms with Crippen LogP contribution in [0.25, 0.3) is 33.5 Å². The average molecular weight is 334 g/mol. The molecule has 0 atom stereocenters. The van der Waals surface area contributed by atoms with E-state index in [4.69, 9.17) is 4.42 Å². The predicted octanol–water partition coefficient (Wildman–Crippen LogP) is 3.16. The zero-order chi connectivity index (χ0) is 17.6. The van der Waals surface area contributed by atoms with Crippen LogP contribution in [-0.4, -0.2) is 15.1 Å². The van der Waals surface area contributed by atoms with E-state index in [1.165, 1.54) is 0 Å². The van der Waals surface area contributed by atoms with Gasteiger partial charge in [0, 0.05) is 5.56 Å². The largest absolute Gasteiger partial charge is 0.506 e. The van der Waals surface area contributed by atoms with E-state index in [2.05, 4.69) is 9.97 Å². The molecule has 0 aliphatic rings. The smallest absolute Gasteiger partial charge is 0.349 e. The van der Waals surface area contributed by atoms with Gasteiger partial charge in [-0.3, -0.25) is 0 Å². The van der Waals surface area contributed by atoms with Crippen LogP contribution in [0.2, 0.25) is 0 Å². The zero-order valence-corrected chi connectivity index (χ0v) is 13.3. The molecule has 3 N–H and O–H groups in total. The summed E-state index contributed by atoms with van der Waals surface area (Å²) in [5, 5.41) is 11.0. The van der Waals surface area contributed by atoms with Crippen LogP contribution in [-0.2, 0) is 0 Å². The van der Waals surface area contributed by atoms with Gasteiger partial charge in [-0.1, -0.05) is 42.0 Å². The van der Waals surface area contributed by atoms with Gasteiger partial charge in [0.1, 0.15) is 16.9 Å². The molecule has 0 saturated heterocycles. The highest BCUT2D eigenvalue weighted by molar-refractivity contribution is 5.92. The van der Waals surface area contributed by atoms with Crippen LogP contribution in [0.4, 0.5) is 0 Å². The summed E-state index contributed by atoms with van der Waals surface area (Å²) in [5.74, 6) is -0.226. The third kappa shape index (κ3) is 2.44. The number of para-hydroxylation sites is 1. The lowest BCUT2D eigenvalue weighted by Crippen LogP contribution is -2.06. The first-order chi connectivity index (χ1) is 12.0. The fourth-order valence-corrected chi connectivity index (χ4v) is 2.86. The molecule has 25 heavy (non-hydrogen) atoms. The first-order valence-electron chi connectivity index (χ1n) is 7.69. The van der Waals surface area contributed by atoms with E-state index >= 15 is 0 Å². The number of fused-ring (bicyclic) bond motifs is 1. The third-order valence-electron chi connectivity index (χ3n) is 4.10. The zero-order valence-electron chi connectivity index (χ0n) is 13.3. The van der Waals surface area contributed by atoms with Gasteiger partial charge in [-0.25, -0.2) is 9.59 Å². The molecule has 2 heterocycles. The monoisotopic (exact) mass is 334 g/mol. The summed E-state index contributed by atoms with van der Waals surface area (Å²) in [5.41, 5.74) is 1.41. The minimum absolute atomic E-state index is 0.0763. The molecule has 6 heteroatoms. The Morgan fingerprint density at radius 1 is 0.920 bits per heavy atom. The molecule has 0 saturated carbocycles. The number of nitrogens with one attached hydrogen (secondary N) is 2. The Kier molecular flexibility index (Phi) is 3.32. The molecular formula is C19H14N2O4. The minimum atomic E-state index is -0.722. The van der Waals surface area contributed by atoms with Gasteiger partial charge in [-0.05, 0) is 19.1 Å². The van der Waals surface area contributed by atoms with Gasteiger partial charge in [-0.2, -0.15) is 0 Å². The SMILES string of the molecule is Cc1ccc(-c2[nH]c(=O)[nH]c2-c2c(O)c3ccccc3oc2=O)cc1. The summed E-state index contributed by atoms with van der Waals surface area (Å²) >= 11 is 0. The van der Waals surface area contributed by atoms with Gasteiger partial charge in [0.05, 0.1) is 16.8 Å². The maximum absolute atomic E-state index is 12.4. The van der Waals surface area contributed by atoms with Crippen LogP contribution >= 0.6 is 0 Å². The molecule has 124 valence electrons. The Labute approximate surface area is 141 Å². The Balaban J connectivity index is 2.04. The second-order valence-electron chi connectivity index (χ2n) is 5.80. The Hall–Kier alpha value is -3.54. The first-order valence-corrected chi connectivity index (χ1v) is 7.69. The third-order valence-corrected chi connectivity index (χ3v) is 4.10. The maximum Gasteiger partial charge on any atom is 0.349 e. The predicted molar refractivity (Wildman–Crippen MR) is 94.7 cm³/mol. The van der Waals surface area contributed by atoms with E-state index in [1.807, 2.05) is 31.2 Å². The number of rotatable bonds is 2. The van der Waals surface area contributed by atoms with Crippen molar-refractivity contribution in [3.8, 4) is 28.3 Å². The number of imidazole rings is 1. The molecular weight excluding hydrogens is 320 g/mol. The van der Waals surface area contributed by atoms with Crippen molar-refractivity contribution in [2.45, 2.75) is 6.92 Å². The summed E-state index contributed by atoms with van der Waals surface area (Å²) in [7, 11) is 0. The number of H-pyrrole nitrogens is 2. The highest BCUT2D eigenvalue weighted by Crippen LogP contribution is 2.35. The topological polar surface area (TPSA) is 99.1 Å². The van der Waals surface area contributed by atoms with Gasteiger partial charge in [0.25, 0.3) is 0 Å². The summed E-state index contributed by atoms with van der Waals surface area (Å²) in [6.07, 6.45) is 0. The van der Waals surface area contributed by atoms with Crippen molar-refractivity contribution in [2.24, 2.45) is 0 Å². The highest BCUT2D eigenvalue weighted by Gasteiger charge is 2.21. The molecule has 0 unspecified atom stereocenters. The van der Waals surface area contributed by atoms with Crippen LogP contribution in [0.5, 0.6) is 5.75 Å². The van der Waals surface area contributed by atoms with Gasteiger partial charge >= 0.3 is 11.3 Å². The number of aromatic amines is 2. The molecule has 4 aromatic rings. The second-order valence-corrected chi connectivity index (χ2v) is 5.80. The first kappa shape index (κ1) is 15.0. The number of aromatic nitrogens is 2. The molecule has 0 aliphatic carbocycles. The normalized spacial score (nSPS) is 11.1. The number of benzene rings is 2. The van der Waals surface area contributed by atoms with Gasteiger partial charge < -0.3 is 19.5 Å². The maximum atomic E-state index is 12.4. The van der Waals surface area contributed by atoms with E-state index in [0.717, 1.165) is 5.56 Å². The number of aromatic hydroxyl groups is 1. The van der Waals surface area contributed by atoms with E-state index < -0.39 is 11.3 Å². The van der Waals surface area contributed by atoms with E-state index in [1.54, 1.807) is 24.3 Å². The van der Waals surface area contributed by atoms with E-state index in [-0.39, 0.29) is 22.6 Å². The van der Waals surface area contributed by atoms with E-state index in [9.17, 15) is 14.7 Å². The molecule has 0 amide bonds. The fourth-order valence-electron chi connectivity index (χ4n) is 2.86. The number of hydrogen-bond donors (Lipinski definition) is 3. The fraction of sp³-hybridized carbons (Fsp3) is 0.0526. The Morgan fingerprint density at radius 3 is 2.36 bits per heavy atom. The molecule has 0 radical (unpaired) electrons. The average Bonchev–Trinajstić information content (AvgIpc) is 2.97. The van der Waals surface area contributed by atoms with Crippen LogP contribution < -0.4 is 11.3 Å². The lowest BCUT2D eigenvalue weighted by Gasteiger charge is -2.07. The molecule has 0 bridgehead atoms. The Morgan fingerprint density at radius 2 is 1.60 bits per heavy atom. The summed E-state index contributed by atoms with van der Waals surface area (Å²) in [6, 6.07) is 14.1. The van der Waals surface area contributed by atoms with Crippen molar-refractivity contribution in [1.29, 1.82) is 0 Å². The van der Waals surface area contributed by atoms with Crippen LogP contribution in [0.3, 0.4) is 0 Å². The van der Waals surface area contributed by atoms with Gasteiger partial charge in [-0.15, -0.1) is 0 Å². The second kappa shape index (κ2) is 5.52. The number of aryl methyl sites for hydroxylation is 1. The lowest BCUT2D eigenvalue weighted by molar-refractivity contribution is 0.471. The summed E-state index contributed by atoms with van der Waals surface area (Å²) in [6.45, 7) is 1.95. The molecule has 0 aliphatic heterocycles.